The minimum absolute atomic E-state index is 0.167. The van der Waals surface area contributed by atoms with Crippen molar-refractivity contribution in [3.05, 3.63) is 57.8 Å². The van der Waals surface area contributed by atoms with Crippen molar-refractivity contribution in [3.63, 3.8) is 0 Å². The largest absolute Gasteiger partial charge is 0.343 e. The standard InChI is InChI=1S/C17H20F5N3O2S/c1-10-23-13(9-14(26)24-10)16(27)25-15(17(2,3)4)11-5-7-12(8-6-11)28(18,19,20,21)22/h5-9,15H,1-4H3,(H,25,27)(H,23,24,26). The predicted octanol–water partition coefficient (Wildman–Crippen LogP) is 5.25. The van der Waals surface area contributed by atoms with E-state index in [-0.39, 0.29) is 17.1 Å². The predicted molar refractivity (Wildman–Crippen MR) is 97.1 cm³/mol. The third-order valence-electron chi connectivity index (χ3n) is 3.89. The lowest BCUT2D eigenvalue weighted by Gasteiger charge is -2.40. The molecule has 2 N–H and O–H groups in total. The Morgan fingerprint density at radius 1 is 1.11 bits per heavy atom. The van der Waals surface area contributed by atoms with Gasteiger partial charge in [0.2, 0.25) is 0 Å². The number of aromatic nitrogens is 2. The van der Waals surface area contributed by atoms with E-state index in [1.54, 1.807) is 20.8 Å². The topological polar surface area (TPSA) is 74.8 Å². The van der Waals surface area contributed by atoms with E-state index in [9.17, 15) is 29.0 Å². The number of halogens is 5. The molecule has 1 atom stereocenters. The third-order valence-corrected chi connectivity index (χ3v) is 5.06. The maximum absolute atomic E-state index is 12.9. The molecule has 0 saturated heterocycles. The van der Waals surface area contributed by atoms with E-state index in [4.69, 9.17) is 0 Å². The van der Waals surface area contributed by atoms with Crippen LogP contribution < -0.4 is 10.9 Å². The van der Waals surface area contributed by atoms with Crippen LogP contribution >= 0.6 is 10.2 Å². The molecule has 1 aromatic heterocycles. The van der Waals surface area contributed by atoms with Crippen molar-refractivity contribution in [2.24, 2.45) is 5.41 Å². The molecule has 2 aromatic rings. The lowest BCUT2D eigenvalue weighted by Crippen LogP contribution is -2.37. The number of H-pyrrole nitrogens is 1. The number of nitrogens with zero attached hydrogens (tertiary/aromatic N) is 1. The van der Waals surface area contributed by atoms with Gasteiger partial charge in [-0.3, -0.25) is 9.59 Å². The Labute approximate surface area is 158 Å². The summed E-state index contributed by atoms with van der Waals surface area (Å²) in [4.78, 5) is 28.3. The van der Waals surface area contributed by atoms with Crippen LogP contribution in [0.5, 0.6) is 0 Å². The van der Waals surface area contributed by atoms with Crippen molar-refractivity contribution in [1.29, 1.82) is 0 Å². The molecule has 0 spiro atoms. The number of amides is 1. The number of aromatic amines is 1. The normalized spacial score (nSPS) is 16.0. The highest BCUT2D eigenvalue weighted by atomic mass is 32.5. The Balaban J connectivity index is 2.40. The number of rotatable bonds is 4. The minimum Gasteiger partial charge on any atom is -0.343 e. The number of hydrogen-bond acceptors (Lipinski definition) is 3. The minimum atomic E-state index is -9.78. The Bertz CT molecular complexity index is 964. The molecule has 28 heavy (non-hydrogen) atoms. The van der Waals surface area contributed by atoms with Crippen LogP contribution in [0.15, 0.2) is 40.0 Å². The van der Waals surface area contributed by atoms with Gasteiger partial charge in [0, 0.05) is 6.07 Å². The first-order valence-corrected chi connectivity index (χ1v) is 10.0. The van der Waals surface area contributed by atoms with Gasteiger partial charge in [0.1, 0.15) is 16.4 Å². The molecular formula is C17H20F5N3O2S. The molecule has 0 aliphatic rings. The number of carbonyl (C=O) groups is 1. The summed E-state index contributed by atoms with van der Waals surface area (Å²) < 4.78 is 64.6. The molecule has 1 aromatic carbocycles. The summed E-state index contributed by atoms with van der Waals surface area (Å²) in [5.41, 5.74) is -1.18. The van der Waals surface area contributed by atoms with Crippen molar-refractivity contribution in [2.75, 3.05) is 0 Å². The van der Waals surface area contributed by atoms with Crippen molar-refractivity contribution in [2.45, 2.75) is 38.6 Å². The first-order valence-electron chi connectivity index (χ1n) is 8.10. The van der Waals surface area contributed by atoms with Crippen LogP contribution in [0.1, 0.15) is 48.7 Å². The molecule has 11 heteroatoms. The molecule has 1 amide bonds. The summed E-state index contributed by atoms with van der Waals surface area (Å²) in [5.74, 6) is -0.504. The molecule has 1 unspecified atom stereocenters. The Hall–Kier alpha value is -2.43. The monoisotopic (exact) mass is 425 g/mol. The number of carbonyl (C=O) groups excluding carboxylic acids is 1. The lowest BCUT2D eigenvalue weighted by molar-refractivity contribution is 0.0896. The van der Waals surface area contributed by atoms with Crippen LogP contribution in [0.2, 0.25) is 0 Å². The summed E-state index contributed by atoms with van der Waals surface area (Å²) in [5, 5.41) is 2.61. The van der Waals surface area contributed by atoms with Gasteiger partial charge in [-0.25, -0.2) is 4.98 Å². The summed E-state index contributed by atoms with van der Waals surface area (Å²) in [6, 6.07) is 2.57. The highest BCUT2D eigenvalue weighted by molar-refractivity contribution is 8.45. The molecule has 0 aliphatic heterocycles. The van der Waals surface area contributed by atoms with Gasteiger partial charge in [0.05, 0.1) is 6.04 Å². The van der Waals surface area contributed by atoms with E-state index in [0.717, 1.165) is 18.2 Å². The number of nitrogens with one attached hydrogen (secondary N) is 2. The zero-order chi connectivity index (χ0) is 21.6. The fraction of sp³-hybridized carbons (Fsp3) is 0.353. The fourth-order valence-electron chi connectivity index (χ4n) is 2.62. The number of benzene rings is 1. The van der Waals surface area contributed by atoms with Crippen LogP contribution in [0, 0.1) is 12.3 Å². The summed E-state index contributed by atoms with van der Waals surface area (Å²) in [6.45, 7) is 6.63. The molecule has 0 fully saturated rings. The summed E-state index contributed by atoms with van der Waals surface area (Å²) in [7, 11) is -9.78. The Morgan fingerprint density at radius 2 is 1.64 bits per heavy atom. The third kappa shape index (κ3) is 5.31. The lowest BCUT2D eigenvalue weighted by atomic mass is 9.82. The summed E-state index contributed by atoms with van der Waals surface area (Å²) >= 11 is 0. The van der Waals surface area contributed by atoms with Crippen molar-refractivity contribution in [1.82, 2.24) is 15.3 Å². The van der Waals surface area contributed by atoms with E-state index in [1.807, 2.05) is 0 Å². The van der Waals surface area contributed by atoms with Crippen LogP contribution in [0.4, 0.5) is 19.4 Å². The smallest absolute Gasteiger partial charge is 0.310 e. The van der Waals surface area contributed by atoms with Crippen molar-refractivity contribution in [3.8, 4) is 0 Å². The molecule has 156 valence electrons. The molecule has 0 bridgehead atoms. The molecule has 0 saturated carbocycles. The first-order chi connectivity index (χ1) is 12.4. The second-order valence-electron chi connectivity index (χ2n) is 7.53. The van der Waals surface area contributed by atoms with E-state index in [0.29, 0.717) is 12.1 Å². The second-order valence-corrected chi connectivity index (χ2v) is 9.94. The second kappa shape index (κ2) is 6.03. The fourth-order valence-corrected chi connectivity index (χ4v) is 3.27. The SMILES string of the molecule is Cc1nc(C(=O)NC(c2ccc(S(F)(F)(F)(F)F)cc2)C(C)(C)C)cc(=O)[nH]1. The van der Waals surface area contributed by atoms with Crippen LogP contribution in [-0.4, -0.2) is 15.9 Å². The van der Waals surface area contributed by atoms with Gasteiger partial charge in [-0.1, -0.05) is 52.3 Å². The molecule has 0 aliphatic carbocycles. The molecule has 1 heterocycles. The van der Waals surface area contributed by atoms with Gasteiger partial charge >= 0.3 is 10.2 Å². The number of aryl methyl sites for hydroxylation is 1. The summed E-state index contributed by atoms with van der Waals surface area (Å²) in [6.07, 6.45) is 0. The maximum atomic E-state index is 12.9. The molecule has 0 radical (unpaired) electrons. The molecule has 5 nitrogen and oxygen atoms in total. The maximum Gasteiger partial charge on any atom is 0.310 e. The zero-order valence-corrected chi connectivity index (χ0v) is 16.3. The first kappa shape index (κ1) is 21.9. The molecular weight excluding hydrogens is 405 g/mol. The van der Waals surface area contributed by atoms with E-state index in [2.05, 4.69) is 15.3 Å². The van der Waals surface area contributed by atoms with Gasteiger partial charge < -0.3 is 10.3 Å². The van der Waals surface area contributed by atoms with Gasteiger partial charge in [-0.05, 0) is 30.0 Å². The highest BCUT2D eigenvalue weighted by Gasteiger charge is 2.65. The van der Waals surface area contributed by atoms with Gasteiger partial charge in [0.25, 0.3) is 11.5 Å². The van der Waals surface area contributed by atoms with Gasteiger partial charge in [-0.2, -0.15) is 0 Å². The number of hydrogen-bond donors (Lipinski definition) is 2. The Morgan fingerprint density at radius 3 is 2.07 bits per heavy atom. The van der Waals surface area contributed by atoms with Crippen LogP contribution in [0.3, 0.4) is 0 Å². The molecule has 2 rings (SSSR count). The van der Waals surface area contributed by atoms with E-state index in [1.165, 1.54) is 6.92 Å². The van der Waals surface area contributed by atoms with Gasteiger partial charge in [0.15, 0.2) is 0 Å². The van der Waals surface area contributed by atoms with Crippen molar-refractivity contribution < 1.29 is 24.2 Å². The van der Waals surface area contributed by atoms with E-state index >= 15 is 0 Å². The van der Waals surface area contributed by atoms with Crippen LogP contribution in [-0.2, 0) is 0 Å². The van der Waals surface area contributed by atoms with E-state index < -0.39 is 38.0 Å². The van der Waals surface area contributed by atoms with Gasteiger partial charge in [-0.15, -0.1) is 0 Å². The average molecular weight is 425 g/mol. The highest BCUT2D eigenvalue weighted by Crippen LogP contribution is 3.02. The van der Waals surface area contributed by atoms with Crippen molar-refractivity contribution >= 4 is 16.1 Å². The Kier molecular flexibility index (Phi) is 4.71. The van der Waals surface area contributed by atoms with Crippen LogP contribution in [0.25, 0.3) is 0 Å². The quantitative estimate of drug-likeness (QED) is 0.657. The average Bonchev–Trinajstić information content (AvgIpc) is 2.48. The zero-order valence-electron chi connectivity index (χ0n) is 15.5.